The van der Waals surface area contributed by atoms with Crippen molar-refractivity contribution in [3.8, 4) is 0 Å². The summed E-state index contributed by atoms with van der Waals surface area (Å²) in [6, 6.07) is 0. The number of aromatic nitrogens is 2. The van der Waals surface area contributed by atoms with Gasteiger partial charge in [0.15, 0.2) is 5.78 Å². The smallest absolute Gasteiger partial charge is 0.309 e. The SMILES string of the molecule is CC(C)C1=C2[C@H]3CC[C@@H]4[C@@]5(C)CC[C@H](OC(=O)CC(C)(C)C(=O)O)C(C)(C)[C@@H]5CC[C@@]4(C)[C@]3(C)CCC2(C(O)CN(CC(=O)N(C)C)Cc2ncc(Cl)cn2)CC1=O. The van der Waals surface area contributed by atoms with E-state index in [2.05, 4.69) is 58.4 Å². The number of Topliss-reactive ketones (excluding diaryl/α,β-unsaturated/α-hetero) is 1. The molecule has 11 nitrogen and oxygen atoms in total. The molecule has 5 aliphatic carbocycles. The van der Waals surface area contributed by atoms with Crippen LogP contribution in [0.3, 0.4) is 0 Å². The minimum Gasteiger partial charge on any atom is -0.481 e. The molecular weight excluding hydrogens is 756 g/mol. The minimum atomic E-state index is -1.19. The highest BCUT2D eigenvalue weighted by Gasteiger charge is 2.71. The molecule has 0 aromatic carbocycles. The third-order valence-corrected chi connectivity index (χ3v) is 17.0. The van der Waals surface area contributed by atoms with Gasteiger partial charge in [-0.15, -0.1) is 0 Å². The Hall–Kier alpha value is -2.89. The first-order valence-corrected chi connectivity index (χ1v) is 22.0. The van der Waals surface area contributed by atoms with Crippen LogP contribution in [0.25, 0.3) is 0 Å². The summed E-state index contributed by atoms with van der Waals surface area (Å²) in [7, 11) is 3.44. The Balaban J connectivity index is 1.30. The monoisotopic (exact) mass is 824 g/mol. The highest BCUT2D eigenvalue weighted by Crippen LogP contribution is 2.77. The Morgan fingerprint density at radius 3 is 2.21 bits per heavy atom. The van der Waals surface area contributed by atoms with Gasteiger partial charge in [-0.25, -0.2) is 9.97 Å². The fourth-order valence-electron chi connectivity index (χ4n) is 13.5. The second-order valence-corrected chi connectivity index (χ2v) is 21.8. The maximum Gasteiger partial charge on any atom is 0.309 e. The predicted octanol–water partition coefficient (Wildman–Crippen LogP) is 7.77. The zero-order chi connectivity index (χ0) is 43.0. The molecule has 0 bridgehead atoms. The third kappa shape index (κ3) is 7.35. The maximum atomic E-state index is 14.3. The number of amides is 1. The molecule has 322 valence electrons. The first kappa shape index (κ1) is 44.7. The van der Waals surface area contributed by atoms with Gasteiger partial charge in [0.25, 0.3) is 0 Å². The number of ether oxygens (including phenoxy) is 1. The number of carboxylic acids is 1. The number of nitrogens with zero attached hydrogens (tertiary/aromatic N) is 4. The van der Waals surface area contributed by atoms with E-state index in [0.717, 1.165) is 50.5 Å². The van der Waals surface area contributed by atoms with E-state index in [-0.39, 0.29) is 83.8 Å². The van der Waals surface area contributed by atoms with Crippen LogP contribution in [-0.2, 0) is 30.5 Å². The number of aliphatic hydroxyl groups is 1. The van der Waals surface area contributed by atoms with Crippen LogP contribution in [-0.4, -0.2) is 93.0 Å². The van der Waals surface area contributed by atoms with Gasteiger partial charge in [0, 0.05) is 50.3 Å². The molecule has 2 N–H and O–H groups in total. The van der Waals surface area contributed by atoms with Crippen LogP contribution in [0.5, 0.6) is 0 Å². The molecular formula is C46H69ClN4O7. The standard InChI is InChI=1S/C46H69ClN4O7/c1-27(2)38-30(52)20-46(33(53)24-51(26-36(54)50(10)11)25-35-48-22-28(47)23-49-35)19-18-44(8)29(39(38)46)12-13-32-43(7)16-15-34(58-37(55)21-41(3,4)40(56)57)42(5,6)31(43)14-17-45(32,44)9/h22-23,27,29,31-34,53H,12-21,24-26H2,1-11H3,(H,56,57)/t29-,31+,32-,33?,34+,43+,44-,45-,46?/m1/s1. The number of rotatable bonds is 12. The lowest BCUT2D eigenvalue weighted by Gasteiger charge is -2.72. The van der Waals surface area contributed by atoms with Crippen LogP contribution in [0.2, 0.25) is 5.02 Å². The maximum absolute atomic E-state index is 14.3. The Morgan fingerprint density at radius 1 is 0.948 bits per heavy atom. The second kappa shape index (κ2) is 15.5. The van der Waals surface area contributed by atoms with Crippen molar-refractivity contribution >= 4 is 35.2 Å². The van der Waals surface area contributed by atoms with Crippen molar-refractivity contribution in [2.45, 2.75) is 145 Å². The average Bonchev–Trinajstić information content (AvgIpc) is 3.43. The van der Waals surface area contributed by atoms with Crippen molar-refractivity contribution in [3.05, 3.63) is 34.4 Å². The number of hydrogen-bond donors (Lipinski definition) is 2. The molecule has 6 rings (SSSR count). The molecule has 5 aliphatic rings. The van der Waals surface area contributed by atoms with Crippen LogP contribution < -0.4 is 0 Å². The van der Waals surface area contributed by atoms with Crippen LogP contribution in [0.15, 0.2) is 23.5 Å². The summed E-state index contributed by atoms with van der Waals surface area (Å²) >= 11 is 6.09. The van der Waals surface area contributed by atoms with Crippen molar-refractivity contribution < 1.29 is 34.1 Å². The lowest BCUT2D eigenvalue weighted by Crippen LogP contribution is -2.66. The highest BCUT2D eigenvalue weighted by molar-refractivity contribution is 6.30. The fraction of sp³-hybridized carbons (Fsp3) is 0.783. The minimum absolute atomic E-state index is 0.00570. The molecule has 0 radical (unpaired) electrons. The summed E-state index contributed by atoms with van der Waals surface area (Å²) in [5.41, 5.74) is -0.240. The van der Waals surface area contributed by atoms with E-state index in [9.17, 15) is 29.4 Å². The van der Waals surface area contributed by atoms with E-state index in [1.807, 2.05) is 4.90 Å². The molecule has 9 atom stereocenters. The Kier molecular flexibility index (Phi) is 12.0. The molecule has 1 amide bonds. The number of hydrogen-bond acceptors (Lipinski definition) is 9. The molecule has 4 fully saturated rings. The first-order valence-electron chi connectivity index (χ1n) is 21.6. The Morgan fingerprint density at radius 2 is 1.60 bits per heavy atom. The van der Waals surface area contributed by atoms with Gasteiger partial charge in [-0.3, -0.25) is 24.1 Å². The van der Waals surface area contributed by atoms with E-state index in [1.54, 1.807) is 32.8 Å². The van der Waals surface area contributed by atoms with Crippen molar-refractivity contribution in [2.24, 2.45) is 56.2 Å². The summed E-state index contributed by atoms with van der Waals surface area (Å²) in [6.07, 6.45) is 9.29. The van der Waals surface area contributed by atoms with Gasteiger partial charge in [0.05, 0.1) is 36.1 Å². The van der Waals surface area contributed by atoms with Gasteiger partial charge >= 0.3 is 11.9 Å². The summed E-state index contributed by atoms with van der Waals surface area (Å²) in [4.78, 5) is 64.6. The molecule has 12 heteroatoms. The number of aliphatic hydroxyl groups excluding tert-OH is 1. The van der Waals surface area contributed by atoms with Crippen molar-refractivity contribution in [1.29, 1.82) is 0 Å². The number of carbonyl (C=O) groups is 4. The molecule has 1 aromatic rings. The summed E-state index contributed by atoms with van der Waals surface area (Å²) in [5, 5.41) is 22.7. The largest absolute Gasteiger partial charge is 0.481 e. The zero-order valence-corrected chi connectivity index (χ0v) is 37.7. The lowest BCUT2D eigenvalue weighted by atomic mass is 9.33. The number of halogens is 1. The molecule has 1 aromatic heterocycles. The van der Waals surface area contributed by atoms with Crippen LogP contribution >= 0.6 is 11.6 Å². The van der Waals surface area contributed by atoms with Gasteiger partial charge in [0.2, 0.25) is 5.91 Å². The number of allylic oxidation sites excluding steroid dienone is 1. The first-order chi connectivity index (χ1) is 26.8. The van der Waals surface area contributed by atoms with Gasteiger partial charge < -0.3 is 19.8 Å². The molecule has 58 heavy (non-hydrogen) atoms. The van der Waals surface area contributed by atoms with Crippen molar-refractivity contribution in [2.75, 3.05) is 27.2 Å². The molecule has 1 heterocycles. The number of ketones is 1. The third-order valence-electron chi connectivity index (χ3n) is 16.8. The Bertz CT molecular complexity index is 1830. The number of aliphatic carboxylic acids is 1. The van der Waals surface area contributed by atoms with Crippen LogP contribution in [0.4, 0.5) is 0 Å². The highest BCUT2D eigenvalue weighted by atomic mass is 35.5. The van der Waals surface area contributed by atoms with Crippen molar-refractivity contribution in [1.82, 2.24) is 19.8 Å². The molecule has 0 spiro atoms. The van der Waals surface area contributed by atoms with Gasteiger partial charge in [-0.05, 0) is 111 Å². The fourth-order valence-corrected chi connectivity index (χ4v) is 13.6. The topological polar surface area (TPSA) is 150 Å². The van der Waals surface area contributed by atoms with Gasteiger partial charge in [-0.1, -0.05) is 65.6 Å². The molecule has 0 saturated heterocycles. The second-order valence-electron chi connectivity index (χ2n) is 21.3. The summed E-state index contributed by atoms with van der Waals surface area (Å²) < 4.78 is 6.18. The normalized spacial score (nSPS) is 34.8. The predicted molar refractivity (Wildman–Crippen MR) is 222 cm³/mol. The quantitative estimate of drug-likeness (QED) is 0.200. The molecule has 4 saturated carbocycles. The molecule has 0 aliphatic heterocycles. The van der Waals surface area contributed by atoms with E-state index in [4.69, 9.17) is 16.3 Å². The number of likely N-dealkylation sites (N-methyl/N-ethyl adjacent to an activating group) is 1. The summed E-state index contributed by atoms with van der Waals surface area (Å²) in [6.45, 7) is 19.9. The van der Waals surface area contributed by atoms with E-state index < -0.39 is 28.9 Å². The average molecular weight is 826 g/mol. The number of esters is 1. The number of fused-ring (bicyclic) bond motifs is 7. The zero-order valence-electron chi connectivity index (χ0n) is 36.9. The van der Waals surface area contributed by atoms with Crippen LogP contribution in [0.1, 0.15) is 132 Å². The van der Waals surface area contributed by atoms with Gasteiger partial charge in [-0.2, -0.15) is 0 Å². The Labute approximate surface area is 351 Å². The number of carboxylic acid groups (broad SMARTS) is 1. The van der Waals surface area contributed by atoms with E-state index >= 15 is 0 Å². The van der Waals surface area contributed by atoms with Crippen molar-refractivity contribution in [3.63, 3.8) is 0 Å². The van der Waals surface area contributed by atoms with E-state index in [0.29, 0.717) is 29.1 Å². The van der Waals surface area contributed by atoms with Gasteiger partial charge in [0.1, 0.15) is 11.9 Å². The van der Waals surface area contributed by atoms with Crippen LogP contribution in [0, 0.1) is 56.2 Å². The number of carbonyl (C=O) groups excluding carboxylic acids is 3. The lowest BCUT2D eigenvalue weighted by molar-refractivity contribution is -0.235. The van der Waals surface area contributed by atoms with E-state index in [1.165, 1.54) is 18.0 Å². The summed E-state index contributed by atoms with van der Waals surface area (Å²) in [5.74, 6) is 0.0103. The molecule has 2 unspecified atom stereocenters.